The summed E-state index contributed by atoms with van der Waals surface area (Å²) in [7, 11) is 0. The van der Waals surface area contributed by atoms with Crippen molar-refractivity contribution in [3.8, 4) is 5.75 Å². The van der Waals surface area contributed by atoms with Crippen molar-refractivity contribution in [3.05, 3.63) is 24.0 Å². The largest absolute Gasteiger partial charge is 0.490 e. The molecule has 0 bridgehead atoms. The van der Waals surface area contributed by atoms with E-state index in [1.54, 1.807) is 6.20 Å². The summed E-state index contributed by atoms with van der Waals surface area (Å²) in [6.45, 7) is 2.13. The molecule has 1 saturated carbocycles. The van der Waals surface area contributed by atoms with Crippen LogP contribution in [-0.4, -0.2) is 53.1 Å². The predicted molar refractivity (Wildman–Crippen MR) is 82.4 cm³/mol. The number of ether oxygens (including phenoxy) is 1. The molecule has 0 aromatic carbocycles. The highest BCUT2D eigenvalue weighted by atomic mass is 19.4. The minimum absolute atomic E-state index is 0.290. The third kappa shape index (κ3) is 6.17. The Morgan fingerprint density at radius 3 is 2.60 bits per heavy atom. The number of alkyl halides is 3. The van der Waals surface area contributed by atoms with Crippen LogP contribution in [0.4, 0.5) is 13.2 Å². The highest BCUT2D eigenvalue weighted by molar-refractivity contribution is 5.73. The summed E-state index contributed by atoms with van der Waals surface area (Å²) in [6.07, 6.45) is 1.91. The van der Waals surface area contributed by atoms with E-state index in [2.05, 4.69) is 16.4 Å². The summed E-state index contributed by atoms with van der Waals surface area (Å²) in [6, 6.07) is 2.62. The Kier molecular flexibility index (Phi) is 6.60. The van der Waals surface area contributed by atoms with E-state index in [0.717, 1.165) is 25.3 Å². The number of halogens is 3. The van der Waals surface area contributed by atoms with Gasteiger partial charge < -0.3 is 20.3 Å². The molecule has 1 aromatic rings. The van der Waals surface area contributed by atoms with Crippen LogP contribution in [-0.2, 0) is 4.79 Å². The van der Waals surface area contributed by atoms with Gasteiger partial charge in [0, 0.05) is 18.8 Å². The van der Waals surface area contributed by atoms with Gasteiger partial charge in [0.2, 0.25) is 0 Å². The highest BCUT2D eigenvalue weighted by Crippen LogP contribution is 2.49. The Labute approximate surface area is 143 Å². The third-order valence-electron chi connectivity index (χ3n) is 4.20. The molecule has 2 fully saturated rings. The van der Waals surface area contributed by atoms with Crippen LogP contribution >= 0.6 is 0 Å². The molecule has 0 spiro atoms. The molecule has 140 valence electrons. The number of rotatable bonds is 6. The lowest BCUT2D eigenvalue weighted by Gasteiger charge is -2.27. The van der Waals surface area contributed by atoms with E-state index in [9.17, 15) is 13.2 Å². The van der Waals surface area contributed by atoms with Gasteiger partial charge in [-0.25, -0.2) is 4.79 Å². The minimum Gasteiger partial charge on any atom is -0.490 e. The van der Waals surface area contributed by atoms with Crippen molar-refractivity contribution in [3.63, 3.8) is 0 Å². The summed E-state index contributed by atoms with van der Waals surface area (Å²) in [4.78, 5) is 13.2. The Balaban J connectivity index is 0.000000277. The van der Waals surface area contributed by atoms with Crippen LogP contribution in [0.25, 0.3) is 0 Å². The van der Waals surface area contributed by atoms with Crippen molar-refractivity contribution in [2.75, 3.05) is 19.8 Å². The first kappa shape index (κ1) is 19.5. The summed E-state index contributed by atoms with van der Waals surface area (Å²) in [5, 5.41) is 19.4. The average molecular weight is 362 g/mol. The van der Waals surface area contributed by atoms with E-state index in [1.165, 1.54) is 18.4 Å². The van der Waals surface area contributed by atoms with Crippen LogP contribution in [0, 0.1) is 5.92 Å². The highest BCUT2D eigenvalue weighted by Gasteiger charge is 2.38. The summed E-state index contributed by atoms with van der Waals surface area (Å²) in [5.41, 5.74) is 1.26. The number of nitrogens with one attached hydrogen (secondary N) is 1. The number of aliphatic hydroxyl groups is 1. The van der Waals surface area contributed by atoms with Gasteiger partial charge in [-0.2, -0.15) is 13.2 Å². The van der Waals surface area contributed by atoms with Gasteiger partial charge in [0.25, 0.3) is 0 Å². The maximum absolute atomic E-state index is 10.6. The fourth-order valence-corrected chi connectivity index (χ4v) is 2.55. The molecule has 25 heavy (non-hydrogen) atoms. The molecule has 9 heteroatoms. The van der Waals surface area contributed by atoms with Crippen LogP contribution in [0.3, 0.4) is 0 Å². The van der Waals surface area contributed by atoms with Gasteiger partial charge in [-0.05, 0) is 49.3 Å². The molecule has 3 atom stereocenters. The maximum Gasteiger partial charge on any atom is 0.490 e. The number of nitrogens with zero attached hydrogens (tertiary/aromatic N) is 1. The standard InChI is InChI=1S/C14H20N2O2.C2HF3O2/c17-4-2-10-6-14(10)11-5-13(8-15-7-11)18-9-12-1-3-16-12;3-2(4,5)1(6)7/h5,7-8,10,12,14,16-17H,1-4,6,9H2;(H,6,7)/t10-,12+,14-;/m1./s1. The van der Waals surface area contributed by atoms with E-state index in [0.29, 0.717) is 17.9 Å². The zero-order chi connectivity index (χ0) is 18.4. The van der Waals surface area contributed by atoms with Crippen molar-refractivity contribution in [1.29, 1.82) is 0 Å². The molecule has 1 aromatic heterocycles. The second-order valence-electron chi connectivity index (χ2n) is 6.12. The molecule has 1 aliphatic carbocycles. The normalized spacial score (nSPS) is 24.6. The van der Waals surface area contributed by atoms with Crippen LogP contribution in [0.1, 0.15) is 30.7 Å². The average Bonchev–Trinajstić information content (AvgIpc) is 3.25. The number of aliphatic hydroxyl groups excluding tert-OH is 1. The van der Waals surface area contributed by atoms with Gasteiger partial charge in [0.05, 0.1) is 6.20 Å². The molecular formula is C16H21F3N2O4. The van der Waals surface area contributed by atoms with E-state index in [4.69, 9.17) is 19.7 Å². The van der Waals surface area contributed by atoms with E-state index < -0.39 is 12.1 Å². The number of carboxylic acid groups (broad SMARTS) is 1. The lowest BCUT2D eigenvalue weighted by atomic mass is 10.1. The monoisotopic (exact) mass is 362 g/mol. The predicted octanol–water partition coefficient (Wildman–Crippen LogP) is 1.94. The zero-order valence-electron chi connectivity index (χ0n) is 13.5. The molecule has 0 radical (unpaired) electrons. The van der Waals surface area contributed by atoms with Gasteiger partial charge in [-0.3, -0.25) is 4.98 Å². The van der Waals surface area contributed by atoms with Crippen LogP contribution in [0.15, 0.2) is 18.5 Å². The van der Waals surface area contributed by atoms with Crippen LogP contribution in [0.5, 0.6) is 5.75 Å². The fraction of sp³-hybridized carbons (Fsp3) is 0.625. The van der Waals surface area contributed by atoms with E-state index >= 15 is 0 Å². The molecule has 3 rings (SSSR count). The number of pyridine rings is 1. The lowest BCUT2D eigenvalue weighted by Crippen LogP contribution is -2.46. The van der Waals surface area contributed by atoms with E-state index in [1.807, 2.05) is 6.20 Å². The Morgan fingerprint density at radius 2 is 2.08 bits per heavy atom. The number of aromatic nitrogens is 1. The molecule has 3 N–H and O–H groups in total. The van der Waals surface area contributed by atoms with Crippen molar-refractivity contribution in [1.82, 2.24) is 10.3 Å². The van der Waals surface area contributed by atoms with Gasteiger partial charge in [0.1, 0.15) is 12.4 Å². The Bertz CT molecular complexity index is 579. The van der Waals surface area contributed by atoms with Crippen molar-refractivity contribution < 1.29 is 32.9 Å². The zero-order valence-corrected chi connectivity index (χ0v) is 13.5. The topological polar surface area (TPSA) is 91.7 Å². The molecule has 1 saturated heterocycles. The van der Waals surface area contributed by atoms with Crippen LogP contribution in [0.2, 0.25) is 0 Å². The second-order valence-corrected chi connectivity index (χ2v) is 6.12. The van der Waals surface area contributed by atoms with E-state index in [-0.39, 0.29) is 6.61 Å². The number of hydrogen-bond acceptors (Lipinski definition) is 5. The Hall–Kier alpha value is -1.87. The fourth-order valence-electron chi connectivity index (χ4n) is 2.55. The maximum atomic E-state index is 10.6. The molecular weight excluding hydrogens is 341 g/mol. The molecule has 0 amide bonds. The quantitative estimate of drug-likeness (QED) is 0.716. The first-order chi connectivity index (χ1) is 11.8. The molecule has 2 heterocycles. The molecule has 2 aliphatic rings. The molecule has 1 aliphatic heterocycles. The van der Waals surface area contributed by atoms with Crippen molar-refractivity contribution >= 4 is 5.97 Å². The first-order valence-corrected chi connectivity index (χ1v) is 8.03. The summed E-state index contributed by atoms with van der Waals surface area (Å²) >= 11 is 0. The third-order valence-corrected chi connectivity index (χ3v) is 4.20. The van der Waals surface area contributed by atoms with Gasteiger partial charge in [-0.1, -0.05) is 0 Å². The lowest BCUT2D eigenvalue weighted by molar-refractivity contribution is -0.192. The van der Waals surface area contributed by atoms with Gasteiger partial charge in [-0.15, -0.1) is 0 Å². The number of aliphatic carboxylic acids is 1. The van der Waals surface area contributed by atoms with Crippen molar-refractivity contribution in [2.24, 2.45) is 5.92 Å². The smallest absolute Gasteiger partial charge is 0.490 e. The van der Waals surface area contributed by atoms with Gasteiger partial charge >= 0.3 is 12.1 Å². The number of carboxylic acids is 1. The summed E-state index contributed by atoms with van der Waals surface area (Å²) in [5.74, 6) is -0.668. The number of hydrogen-bond donors (Lipinski definition) is 3. The molecule has 0 unspecified atom stereocenters. The number of carbonyl (C=O) groups is 1. The first-order valence-electron chi connectivity index (χ1n) is 8.03. The SMILES string of the molecule is O=C(O)C(F)(F)F.OCC[C@@H]1C[C@H]1c1cncc(OC[C@@H]2CCN2)c1. The molecule has 6 nitrogen and oxygen atoms in total. The summed E-state index contributed by atoms with van der Waals surface area (Å²) < 4.78 is 37.5. The van der Waals surface area contributed by atoms with Crippen molar-refractivity contribution in [2.45, 2.75) is 37.4 Å². The van der Waals surface area contributed by atoms with Crippen LogP contribution < -0.4 is 10.1 Å². The Morgan fingerprint density at radius 1 is 1.40 bits per heavy atom. The minimum atomic E-state index is -5.08. The second kappa shape index (κ2) is 8.48. The van der Waals surface area contributed by atoms with Gasteiger partial charge in [0.15, 0.2) is 0 Å².